The van der Waals surface area contributed by atoms with Gasteiger partial charge in [-0.15, -0.1) is 0 Å². The van der Waals surface area contributed by atoms with Crippen molar-refractivity contribution >= 4 is 11.8 Å². The molecule has 0 radical (unpaired) electrons. The van der Waals surface area contributed by atoms with Crippen LogP contribution in [0.25, 0.3) is 0 Å². The van der Waals surface area contributed by atoms with Crippen molar-refractivity contribution in [2.24, 2.45) is 11.3 Å². The van der Waals surface area contributed by atoms with Gasteiger partial charge in [0.15, 0.2) is 0 Å². The van der Waals surface area contributed by atoms with Crippen LogP contribution in [0, 0.1) is 25.2 Å². The van der Waals surface area contributed by atoms with E-state index in [0.717, 1.165) is 51.0 Å². The first kappa shape index (κ1) is 19.4. The maximum absolute atomic E-state index is 12.9. The molecule has 1 saturated carbocycles. The molecule has 5 heteroatoms. The molecule has 1 aliphatic carbocycles. The largest absolute Gasteiger partial charge is 0.378 e. The molecule has 3 aliphatic rings. The van der Waals surface area contributed by atoms with Gasteiger partial charge >= 0.3 is 0 Å². The van der Waals surface area contributed by atoms with E-state index in [2.05, 4.69) is 13.8 Å². The van der Waals surface area contributed by atoms with E-state index >= 15 is 0 Å². The van der Waals surface area contributed by atoms with Crippen LogP contribution in [0.1, 0.15) is 53.6 Å². The molecule has 1 spiro atoms. The van der Waals surface area contributed by atoms with Crippen molar-refractivity contribution in [3.05, 3.63) is 34.9 Å². The van der Waals surface area contributed by atoms with Gasteiger partial charge in [0, 0.05) is 38.2 Å². The smallest absolute Gasteiger partial charge is 0.253 e. The number of carbonyl (C=O) groups excluding carboxylic acids is 2. The summed E-state index contributed by atoms with van der Waals surface area (Å²) in [6.45, 7) is 8.55. The quantitative estimate of drug-likeness (QED) is 0.804. The van der Waals surface area contributed by atoms with Crippen LogP contribution in [-0.4, -0.2) is 61.0 Å². The fraction of sp³-hybridized carbons (Fsp3) is 0.652. The molecule has 2 heterocycles. The molecule has 3 fully saturated rings. The molecular formula is C23H32N2O3. The maximum atomic E-state index is 12.9. The zero-order valence-electron chi connectivity index (χ0n) is 17.2. The minimum atomic E-state index is 0.151. The first-order valence-electron chi connectivity index (χ1n) is 10.7. The van der Waals surface area contributed by atoms with Crippen LogP contribution in [0.5, 0.6) is 0 Å². The van der Waals surface area contributed by atoms with E-state index in [1.165, 1.54) is 17.5 Å². The second-order valence-corrected chi connectivity index (χ2v) is 8.89. The number of piperidine rings is 1. The van der Waals surface area contributed by atoms with E-state index in [-0.39, 0.29) is 11.3 Å². The Kier molecular flexibility index (Phi) is 5.46. The number of likely N-dealkylation sites (tertiary alicyclic amines) is 1. The highest BCUT2D eigenvalue weighted by atomic mass is 16.5. The molecule has 0 N–H and O–H groups in total. The van der Waals surface area contributed by atoms with E-state index < -0.39 is 0 Å². The summed E-state index contributed by atoms with van der Waals surface area (Å²) >= 11 is 0. The minimum Gasteiger partial charge on any atom is -0.378 e. The number of rotatable bonds is 3. The third kappa shape index (κ3) is 3.69. The summed E-state index contributed by atoms with van der Waals surface area (Å²) in [6, 6.07) is 5.99. The van der Waals surface area contributed by atoms with Crippen LogP contribution in [0.15, 0.2) is 18.2 Å². The lowest BCUT2D eigenvalue weighted by Gasteiger charge is -2.54. The van der Waals surface area contributed by atoms with Gasteiger partial charge in [-0.25, -0.2) is 0 Å². The highest BCUT2D eigenvalue weighted by Crippen LogP contribution is 2.55. The van der Waals surface area contributed by atoms with Crippen molar-refractivity contribution < 1.29 is 14.3 Å². The van der Waals surface area contributed by atoms with Crippen molar-refractivity contribution in [2.75, 3.05) is 39.4 Å². The Morgan fingerprint density at radius 1 is 1.00 bits per heavy atom. The summed E-state index contributed by atoms with van der Waals surface area (Å²) in [5.41, 5.74) is 3.46. The molecular weight excluding hydrogens is 352 g/mol. The molecule has 1 aromatic rings. The van der Waals surface area contributed by atoms with Crippen molar-refractivity contribution in [1.82, 2.24) is 9.80 Å². The standard InChI is InChI=1S/C23H32N2O3/c1-17-3-4-19(15-18(17)2)22(27)25-9-7-23(8-10-25)6-5-20(23)16-21(26)24-11-13-28-14-12-24/h3-4,15,20H,5-14,16H2,1-2H3. The monoisotopic (exact) mass is 384 g/mol. The molecule has 4 rings (SSSR count). The number of morpholine rings is 1. The van der Waals surface area contributed by atoms with Crippen LogP contribution in [-0.2, 0) is 9.53 Å². The molecule has 0 aromatic heterocycles. The highest BCUT2D eigenvalue weighted by molar-refractivity contribution is 5.94. The van der Waals surface area contributed by atoms with E-state index in [1.807, 2.05) is 28.0 Å². The van der Waals surface area contributed by atoms with Gasteiger partial charge in [-0.1, -0.05) is 6.07 Å². The predicted molar refractivity (Wildman–Crippen MR) is 108 cm³/mol. The Bertz CT molecular complexity index is 746. The van der Waals surface area contributed by atoms with Gasteiger partial charge in [0.25, 0.3) is 5.91 Å². The lowest BCUT2D eigenvalue weighted by molar-refractivity contribution is -0.141. The topological polar surface area (TPSA) is 49.9 Å². The Balaban J connectivity index is 1.33. The van der Waals surface area contributed by atoms with Crippen molar-refractivity contribution in [2.45, 2.75) is 46.0 Å². The molecule has 1 unspecified atom stereocenters. The lowest BCUT2D eigenvalue weighted by atomic mass is 9.54. The lowest BCUT2D eigenvalue weighted by Crippen LogP contribution is -2.52. The molecule has 1 atom stereocenters. The van der Waals surface area contributed by atoms with Crippen molar-refractivity contribution in [3.63, 3.8) is 0 Å². The predicted octanol–water partition coefficient (Wildman–Crippen LogP) is 3.18. The van der Waals surface area contributed by atoms with E-state index in [9.17, 15) is 9.59 Å². The summed E-state index contributed by atoms with van der Waals surface area (Å²) in [5.74, 6) is 0.931. The molecule has 5 nitrogen and oxygen atoms in total. The van der Waals surface area contributed by atoms with Crippen LogP contribution in [0.3, 0.4) is 0 Å². The molecule has 152 valence electrons. The zero-order valence-corrected chi connectivity index (χ0v) is 17.2. The van der Waals surface area contributed by atoms with Crippen LogP contribution in [0.2, 0.25) is 0 Å². The number of benzene rings is 1. The Morgan fingerprint density at radius 3 is 2.32 bits per heavy atom. The fourth-order valence-electron chi connectivity index (χ4n) is 5.10. The molecule has 28 heavy (non-hydrogen) atoms. The number of aryl methyl sites for hydroxylation is 2. The van der Waals surface area contributed by atoms with Gasteiger partial charge in [-0.05, 0) is 74.1 Å². The van der Waals surface area contributed by atoms with Gasteiger partial charge in [-0.3, -0.25) is 9.59 Å². The van der Waals surface area contributed by atoms with Gasteiger partial charge in [0.2, 0.25) is 5.91 Å². The van der Waals surface area contributed by atoms with Gasteiger partial charge < -0.3 is 14.5 Å². The molecule has 1 aromatic carbocycles. The zero-order chi connectivity index (χ0) is 19.7. The normalized spacial score (nSPS) is 24.1. The summed E-state index contributed by atoms with van der Waals surface area (Å²) in [5, 5.41) is 0. The van der Waals surface area contributed by atoms with Crippen LogP contribution in [0.4, 0.5) is 0 Å². The number of hydrogen-bond acceptors (Lipinski definition) is 3. The molecule has 2 aliphatic heterocycles. The third-order valence-corrected chi connectivity index (χ3v) is 7.44. The summed E-state index contributed by atoms with van der Waals surface area (Å²) < 4.78 is 5.36. The Labute approximate surface area is 168 Å². The Morgan fingerprint density at radius 2 is 1.71 bits per heavy atom. The third-order valence-electron chi connectivity index (χ3n) is 7.44. The van der Waals surface area contributed by atoms with Gasteiger partial charge in [-0.2, -0.15) is 0 Å². The summed E-state index contributed by atoms with van der Waals surface area (Å²) in [7, 11) is 0. The number of ether oxygens (including phenoxy) is 1. The van der Waals surface area contributed by atoms with Crippen LogP contribution >= 0.6 is 0 Å². The average molecular weight is 385 g/mol. The molecule has 2 amide bonds. The Hall–Kier alpha value is -1.88. The summed E-state index contributed by atoms with van der Waals surface area (Å²) in [4.78, 5) is 29.5. The maximum Gasteiger partial charge on any atom is 0.253 e. The van der Waals surface area contributed by atoms with E-state index in [4.69, 9.17) is 4.74 Å². The number of nitrogens with zero attached hydrogens (tertiary/aromatic N) is 2. The molecule has 2 saturated heterocycles. The number of carbonyl (C=O) groups is 2. The minimum absolute atomic E-state index is 0.151. The van der Waals surface area contributed by atoms with E-state index in [0.29, 0.717) is 31.5 Å². The second kappa shape index (κ2) is 7.86. The molecule has 0 bridgehead atoms. The van der Waals surface area contributed by atoms with Crippen molar-refractivity contribution in [1.29, 1.82) is 0 Å². The highest BCUT2D eigenvalue weighted by Gasteiger charge is 2.49. The van der Waals surface area contributed by atoms with Gasteiger partial charge in [0.05, 0.1) is 13.2 Å². The van der Waals surface area contributed by atoms with Crippen molar-refractivity contribution in [3.8, 4) is 0 Å². The average Bonchev–Trinajstić information content (AvgIpc) is 2.73. The van der Waals surface area contributed by atoms with Gasteiger partial charge in [0.1, 0.15) is 0 Å². The van der Waals surface area contributed by atoms with E-state index in [1.54, 1.807) is 0 Å². The second-order valence-electron chi connectivity index (χ2n) is 8.89. The number of amides is 2. The summed E-state index contributed by atoms with van der Waals surface area (Å²) in [6.07, 6.45) is 5.10. The SMILES string of the molecule is Cc1ccc(C(=O)N2CCC3(CCC3CC(=O)N3CCOCC3)CC2)cc1C. The fourth-order valence-corrected chi connectivity index (χ4v) is 5.10. The van der Waals surface area contributed by atoms with Crippen LogP contribution < -0.4 is 0 Å². The number of hydrogen-bond donors (Lipinski definition) is 0. The first-order valence-corrected chi connectivity index (χ1v) is 10.7. The first-order chi connectivity index (χ1) is 13.5.